The van der Waals surface area contributed by atoms with Gasteiger partial charge in [0.25, 0.3) is 0 Å². The number of piperazine rings is 1. The Balaban J connectivity index is 1.85. The summed E-state index contributed by atoms with van der Waals surface area (Å²) >= 11 is 0. The van der Waals surface area contributed by atoms with E-state index in [-0.39, 0.29) is 12.3 Å². The molecule has 0 aromatic heterocycles. The number of hydrogen-bond donors (Lipinski definition) is 2. The van der Waals surface area contributed by atoms with Crippen LogP contribution in [0.5, 0.6) is 11.5 Å². The highest BCUT2D eigenvalue weighted by atomic mass is 19.3. The Labute approximate surface area is 172 Å². The monoisotopic (exact) mass is 413 g/mol. The minimum absolute atomic E-state index is 0.0566. The normalized spacial score (nSPS) is 16.1. The number of nitrogens with one attached hydrogen (secondary N) is 2. The summed E-state index contributed by atoms with van der Waals surface area (Å²) in [6.07, 6.45) is 0. The number of likely N-dealkylation sites (N-methyl/N-ethyl adjacent to an activating group) is 1. The average molecular weight is 414 g/mol. The molecule has 1 aromatic carbocycles. The Kier molecular flexibility index (Phi) is 9.93. The fourth-order valence-corrected chi connectivity index (χ4v) is 3.25. The SMILES string of the molecule is CCOc1cccc(CNC(=NC)NCCN2CCN(CC)CC2)c1OC(F)F. The molecule has 0 radical (unpaired) electrons. The molecule has 1 aromatic rings. The molecule has 2 rings (SSSR count). The van der Waals surface area contributed by atoms with Gasteiger partial charge in [-0.25, -0.2) is 0 Å². The summed E-state index contributed by atoms with van der Waals surface area (Å²) in [5.74, 6) is 0.976. The van der Waals surface area contributed by atoms with Gasteiger partial charge < -0.3 is 25.0 Å². The number of ether oxygens (including phenoxy) is 2. The maximum absolute atomic E-state index is 12.8. The first-order valence-corrected chi connectivity index (χ1v) is 10.2. The minimum atomic E-state index is -2.92. The Morgan fingerprint density at radius 3 is 2.48 bits per heavy atom. The van der Waals surface area contributed by atoms with E-state index in [1.54, 1.807) is 32.2 Å². The minimum Gasteiger partial charge on any atom is -0.490 e. The summed E-state index contributed by atoms with van der Waals surface area (Å²) in [6, 6.07) is 5.11. The van der Waals surface area contributed by atoms with Gasteiger partial charge in [0.15, 0.2) is 17.5 Å². The molecular weight excluding hydrogens is 380 g/mol. The molecule has 0 bridgehead atoms. The topological polar surface area (TPSA) is 61.4 Å². The van der Waals surface area contributed by atoms with Gasteiger partial charge in [0.1, 0.15) is 0 Å². The van der Waals surface area contributed by atoms with Gasteiger partial charge in [0.05, 0.1) is 6.61 Å². The van der Waals surface area contributed by atoms with Gasteiger partial charge in [-0.1, -0.05) is 19.1 Å². The molecule has 0 amide bonds. The second-order valence-corrected chi connectivity index (χ2v) is 6.68. The number of nitrogens with zero attached hydrogens (tertiary/aromatic N) is 3. The van der Waals surface area contributed by atoms with Crippen molar-refractivity contribution in [1.29, 1.82) is 0 Å². The molecule has 1 aliphatic rings. The van der Waals surface area contributed by atoms with Crippen LogP contribution in [0.4, 0.5) is 8.78 Å². The van der Waals surface area contributed by atoms with Gasteiger partial charge in [0, 0.05) is 58.4 Å². The predicted molar refractivity (Wildman–Crippen MR) is 111 cm³/mol. The summed E-state index contributed by atoms with van der Waals surface area (Å²) < 4.78 is 35.8. The molecular formula is C20H33F2N5O2. The van der Waals surface area contributed by atoms with E-state index in [4.69, 9.17) is 9.47 Å². The first kappa shape index (κ1) is 23.2. The Morgan fingerprint density at radius 1 is 1.14 bits per heavy atom. The molecule has 164 valence electrons. The first-order chi connectivity index (χ1) is 14.1. The number of alkyl halides is 2. The van der Waals surface area contributed by atoms with E-state index in [2.05, 4.69) is 32.3 Å². The van der Waals surface area contributed by atoms with E-state index in [1.807, 2.05) is 0 Å². The molecule has 1 saturated heterocycles. The molecule has 2 N–H and O–H groups in total. The van der Waals surface area contributed by atoms with Crippen molar-refractivity contribution in [3.8, 4) is 11.5 Å². The number of hydrogen-bond acceptors (Lipinski definition) is 5. The second-order valence-electron chi connectivity index (χ2n) is 6.68. The van der Waals surface area contributed by atoms with Gasteiger partial charge in [0.2, 0.25) is 0 Å². The van der Waals surface area contributed by atoms with Crippen LogP contribution in [0.3, 0.4) is 0 Å². The molecule has 1 heterocycles. The van der Waals surface area contributed by atoms with Crippen LogP contribution < -0.4 is 20.1 Å². The fourth-order valence-electron chi connectivity index (χ4n) is 3.25. The average Bonchev–Trinajstić information content (AvgIpc) is 2.72. The number of guanidine groups is 1. The van der Waals surface area contributed by atoms with Gasteiger partial charge in [-0.05, 0) is 19.5 Å². The van der Waals surface area contributed by atoms with Crippen LogP contribution >= 0.6 is 0 Å². The van der Waals surface area contributed by atoms with E-state index in [9.17, 15) is 8.78 Å². The lowest BCUT2D eigenvalue weighted by Crippen LogP contribution is -2.49. The highest BCUT2D eigenvalue weighted by molar-refractivity contribution is 5.79. The fraction of sp³-hybridized carbons (Fsp3) is 0.650. The largest absolute Gasteiger partial charge is 0.490 e. The quantitative estimate of drug-likeness (QED) is 0.452. The van der Waals surface area contributed by atoms with Crippen LogP contribution in [0.25, 0.3) is 0 Å². The van der Waals surface area contributed by atoms with E-state index < -0.39 is 6.61 Å². The zero-order valence-electron chi connectivity index (χ0n) is 17.6. The molecule has 0 spiro atoms. The summed E-state index contributed by atoms with van der Waals surface area (Å²) in [4.78, 5) is 9.08. The number of para-hydroxylation sites is 1. The first-order valence-electron chi connectivity index (χ1n) is 10.2. The summed E-state index contributed by atoms with van der Waals surface area (Å²) in [5, 5.41) is 6.43. The summed E-state index contributed by atoms with van der Waals surface area (Å²) in [7, 11) is 1.68. The van der Waals surface area contributed by atoms with Gasteiger partial charge in [-0.15, -0.1) is 0 Å². The van der Waals surface area contributed by atoms with Crippen LogP contribution in [0, 0.1) is 0 Å². The lowest BCUT2D eigenvalue weighted by atomic mass is 10.2. The predicted octanol–water partition coefficient (Wildman–Crippen LogP) is 1.99. The molecule has 0 saturated carbocycles. The van der Waals surface area contributed by atoms with Crippen molar-refractivity contribution in [2.24, 2.45) is 4.99 Å². The molecule has 1 fully saturated rings. The van der Waals surface area contributed by atoms with E-state index in [0.717, 1.165) is 45.8 Å². The van der Waals surface area contributed by atoms with Crippen molar-refractivity contribution < 1.29 is 18.3 Å². The molecule has 9 heteroatoms. The zero-order valence-corrected chi connectivity index (χ0v) is 17.6. The molecule has 0 unspecified atom stereocenters. The van der Waals surface area contributed by atoms with Crippen LogP contribution in [-0.4, -0.2) is 81.8 Å². The van der Waals surface area contributed by atoms with E-state index in [1.165, 1.54) is 0 Å². The van der Waals surface area contributed by atoms with Crippen LogP contribution in [-0.2, 0) is 6.54 Å². The van der Waals surface area contributed by atoms with Crippen molar-refractivity contribution in [3.63, 3.8) is 0 Å². The highest BCUT2D eigenvalue weighted by Gasteiger charge is 2.17. The number of benzene rings is 1. The molecule has 1 aliphatic heterocycles. The van der Waals surface area contributed by atoms with Crippen molar-refractivity contribution in [2.75, 3.05) is 59.5 Å². The second kappa shape index (κ2) is 12.4. The summed E-state index contributed by atoms with van der Waals surface area (Å²) in [6.45, 7) is 8.86. The third-order valence-electron chi connectivity index (χ3n) is 4.87. The summed E-state index contributed by atoms with van der Waals surface area (Å²) in [5.41, 5.74) is 0.579. The van der Waals surface area contributed by atoms with Crippen LogP contribution in [0.2, 0.25) is 0 Å². The van der Waals surface area contributed by atoms with Gasteiger partial charge in [-0.2, -0.15) is 8.78 Å². The van der Waals surface area contributed by atoms with Crippen LogP contribution in [0.1, 0.15) is 19.4 Å². The Bertz CT molecular complexity index is 637. The van der Waals surface area contributed by atoms with E-state index >= 15 is 0 Å². The lowest BCUT2D eigenvalue weighted by molar-refractivity contribution is -0.0520. The molecule has 0 aliphatic carbocycles. The maximum Gasteiger partial charge on any atom is 0.387 e. The Hall–Kier alpha value is -2.13. The third kappa shape index (κ3) is 7.66. The van der Waals surface area contributed by atoms with Crippen molar-refractivity contribution in [1.82, 2.24) is 20.4 Å². The highest BCUT2D eigenvalue weighted by Crippen LogP contribution is 2.32. The molecule has 0 atom stereocenters. The van der Waals surface area contributed by atoms with Gasteiger partial charge >= 0.3 is 6.61 Å². The number of halogens is 2. The van der Waals surface area contributed by atoms with Crippen LogP contribution in [0.15, 0.2) is 23.2 Å². The molecule has 7 nitrogen and oxygen atoms in total. The van der Waals surface area contributed by atoms with Crippen molar-refractivity contribution in [3.05, 3.63) is 23.8 Å². The van der Waals surface area contributed by atoms with Crippen molar-refractivity contribution in [2.45, 2.75) is 27.0 Å². The lowest BCUT2D eigenvalue weighted by Gasteiger charge is -2.34. The zero-order chi connectivity index (χ0) is 21.1. The van der Waals surface area contributed by atoms with E-state index in [0.29, 0.717) is 23.9 Å². The van der Waals surface area contributed by atoms with Gasteiger partial charge in [-0.3, -0.25) is 9.89 Å². The maximum atomic E-state index is 12.8. The number of aliphatic imine (C=N–C) groups is 1. The Morgan fingerprint density at radius 2 is 1.86 bits per heavy atom. The smallest absolute Gasteiger partial charge is 0.387 e. The third-order valence-corrected chi connectivity index (χ3v) is 4.87. The standard InChI is InChI=1S/C20H33F2N5O2/c1-4-26-11-13-27(14-12-26)10-9-24-20(23-3)25-15-16-7-6-8-17(28-5-2)18(16)29-19(21)22/h6-8,19H,4-5,9-15H2,1-3H3,(H2,23,24,25). The van der Waals surface area contributed by atoms with Crippen molar-refractivity contribution >= 4 is 5.96 Å². The number of rotatable bonds is 10. The molecule has 29 heavy (non-hydrogen) atoms.